The number of phenolic OH excluding ortho intramolecular Hbond substituents is 1. The van der Waals surface area contributed by atoms with Crippen LogP contribution >= 0.6 is 0 Å². The summed E-state index contributed by atoms with van der Waals surface area (Å²) in [5.74, 6) is 0.509. The number of aromatic hydroxyl groups is 1. The molecule has 0 radical (unpaired) electrons. The van der Waals surface area contributed by atoms with Gasteiger partial charge in [-0.2, -0.15) is 0 Å². The maximum absolute atomic E-state index is 11.9. The quantitative estimate of drug-likeness (QED) is 0.174. The molecule has 0 bridgehead atoms. The fraction of sp³-hybridized carbons (Fsp3) is 0.172. The van der Waals surface area contributed by atoms with Gasteiger partial charge in [-0.3, -0.25) is 9.55 Å². The van der Waals surface area contributed by atoms with Crippen molar-refractivity contribution in [2.75, 3.05) is 0 Å². The van der Waals surface area contributed by atoms with E-state index in [9.17, 15) is 9.22 Å². The molecule has 1 N–H and O–H groups in total. The molecule has 2 aromatic heterocycles. The molecule has 0 saturated heterocycles. The Kier molecular flexibility index (Phi) is 6.53. The van der Waals surface area contributed by atoms with Crippen LogP contribution in [0.4, 0.5) is 0 Å². The highest BCUT2D eigenvalue weighted by molar-refractivity contribution is 5.98. The van der Waals surface area contributed by atoms with E-state index in [-0.39, 0.29) is 22.4 Å². The van der Waals surface area contributed by atoms with Crippen molar-refractivity contribution in [2.24, 2.45) is 0 Å². The van der Waals surface area contributed by atoms with E-state index in [0.29, 0.717) is 44.7 Å². The van der Waals surface area contributed by atoms with E-state index in [1.165, 1.54) is 0 Å². The van der Waals surface area contributed by atoms with Gasteiger partial charge in [0.25, 0.3) is 0 Å². The average molecular weight is 824 g/mol. The van der Waals surface area contributed by atoms with Gasteiger partial charge in [-0.15, -0.1) is 0 Å². The molecule has 0 aliphatic rings. The summed E-state index contributed by atoms with van der Waals surface area (Å²) in [7, 11) is 0. The molecule has 306 valence electrons. The first-order valence-electron chi connectivity index (χ1n) is 28.2. The lowest BCUT2D eigenvalue weighted by Gasteiger charge is -2.23. The van der Waals surface area contributed by atoms with Gasteiger partial charge in [0.1, 0.15) is 11.6 Å². The number of phenols is 1. The van der Waals surface area contributed by atoms with Gasteiger partial charge in [0.05, 0.1) is 31.9 Å². The van der Waals surface area contributed by atoms with Gasteiger partial charge in [0.15, 0.2) is 0 Å². The number of nitrogens with zero attached hydrogens (tertiary/aromatic N) is 3. The molecule has 7 aromatic carbocycles. The average Bonchev–Trinajstić information content (AvgIpc) is 3.84. The van der Waals surface area contributed by atoms with Crippen LogP contribution in [0, 0.1) is 13.8 Å². The SMILES string of the molecule is [2H]c1nc(-c2cc(-c3ccccc3)cc(-c3cccc4c3nc(-c3cc(C)cc(C)c3O)n4-c3cc(-c4ccccc4)cc(C(C)(C)C)c3)c2)c([2H])c(-c2c([2H])c([2H])c(C(C([2H])([2H])[2H])(C([2H])([2H])[2H])C([2H])([2H])[2H])c([2H])c2[2H])c1[2H]. The molecule has 0 aliphatic heterocycles. The number of hydrogen-bond donors (Lipinski definition) is 1. The summed E-state index contributed by atoms with van der Waals surface area (Å²) >= 11 is 0. The van der Waals surface area contributed by atoms with Crippen molar-refractivity contribution in [1.82, 2.24) is 14.5 Å². The lowest BCUT2D eigenvalue weighted by atomic mass is 9.85. The van der Waals surface area contributed by atoms with E-state index in [1.807, 2.05) is 103 Å². The summed E-state index contributed by atoms with van der Waals surface area (Å²) in [5.41, 5.74) is 2.60. The normalized spacial score (nSPS) is 16.3. The Hall–Kier alpha value is -7.04. The molecule has 0 saturated carbocycles. The summed E-state index contributed by atoms with van der Waals surface area (Å²) in [4.78, 5) is 9.80. The zero-order valence-electron chi connectivity index (χ0n) is 50.9. The second kappa shape index (κ2) is 15.8. The van der Waals surface area contributed by atoms with Crippen LogP contribution in [0.25, 0.3) is 83.9 Å². The molecule has 0 spiro atoms. The van der Waals surface area contributed by atoms with Crippen LogP contribution in [0.2, 0.25) is 0 Å². The molecule has 9 aromatic rings. The Morgan fingerprint density at radius 2 is 1.23 bits per heavy atom. The number of fused-ring (bicyclic) bond motifs is 1. The van der Waals surface area contributed by atoms with Crippen LogP contribution < -0.4 is 0 Å². The molecule has 4 heteroatoms. The number of pyridine rings is 1. The molecular weight excluding hydrogens is 755 g/mol. The van der Waals surface area contributed by atoms with Gasteiger partial charge < -0.3 is 5.11 Å². The number of hydrogen-bond acceptors (Lipinski definition) is 3. The summed E-state index contributed by atoms with van der Waals surface area (Å²) in [6.45, 7) is -1.57. The van der Waals surface area contributed by atoms with E-state index in [1.54, 1.807) is 12.1 Å². The predicted molar refractivity (Wildman–Crippen MR) is 260 cm³/mol. The molecule has 2 heterocycles. The monoisotopic (exact) mass is 824 g/mol. The Labute approximate surface area is 388 Å². The first kappa shape index (κ1) is 25.7. The van der Waals surface area contributed by atoms with Crippen molar-refractivity contribution in [3.8, 4) is 78.6 Å². The second-order valence-corrected chi connectivity index (χ2v) is 16.7. The highest BCUT2D eigenvalue weighted by Gasteiger charge is 2.24. The summed E-state index contributed by atoms with van der Waals surface area (Å²) < 4.78 is 141. The third kappa shape index (κ3) is 7.85. The van der Waals surface area contributed by atoms with E-state index in [4.69, 9.17) is 22.8 Å². The number of para-hydroxylation sites is 1. The third-order valence-electron chi connectivity index (χ3n) is 11.0. The van der Waals surface area contributed by atoms with Crippen molar-refractivity contribution in [2.45, 2.75) is 66.0 Å². The molecular formula is C58H53N3O. The van der Waals surface area contributed by atoms with Crippen molar-refractivity contribution in [3.05, 3.63) is 192 Å². The first-order chi connectivity index (χ1) is 36.4. The fourth-order valence-corrected chi connectivity index (χ4v) is 7.80. The lowest BCUT2D eigenvalue weighted by Crippen LogP contribution is -2.12. The fourth-order valence-electron chi connectivity index (χ4n) is 7.80. The van der Waals surface area contributed by atoms with Crippen molar-refractivity contribution in [1.29, 1.82) is 0 Å². The van der Waals surface area contributed by atoms with Crippen molar-refractivity contribution in [3.63, 3.8) is 0 Å². The maximum atomic E-state index is 11.9. The lowest BCUT2D eigenvalue weighted by molar-refractivity contribution is 0.472. The molecule has 9 rings (SSSR count). The molecule has 0 aliphatic carbocycles. The maximum Gasteiger partial charge on any atom is 0.149 e. The smallest absolute Gasteiger partial charge is 0.149 e. The Bertz CT molecular complexity index is 3790. The van der Waals surface area contributed by atoms with Crippen molar-refractivity contribution >= 4 is 11.0 Å². The van der Waals surface area contributed by atoms with E-state index in [2.05, 4.69) is 56.1 Å². The first-order valence-corrected chi connectivity index (χ1v) is 20.2. The highest BCUT2D eigenvalue weighted by atomic mass is 16.3. The molecule has 0 fully saturated rings. The van der Waals surface area contributed by atoms with Crippen LogP contribution in [0.1, 0.15) is 85.5 Å². The summed E-state index contributed by atoms with van der Waals surface area (Å²) in [6.07, 6.45) is -0.739. The topological polar surface area (TPSA) is 50.9 Å². The van der Waals surface area contributed by atoms with Gasteiger partial charge in [0.2, 0.25) is 0 Å². The minimum Gasteiger partial charge on any atom is -0.507 e. The number of imidazole rings is 1. The molecule has 4 nitrogen and oxygen atoms in total. The van der Waals surface area contributed by atoms with Crippen molar-refractivity contribution < 1.29 is 27.0 Å². The van der Waals surface area contributed by atoms with Gasteiger partial charge >= 0.3 is 0 Å². The van der Waals surface area contributed by atoms with E-state index < -0.39 is 85.1 Å². The van der Waals surface area contributed by atoms with Crippen LogP contribution in [0.3, 0.4) is 0 Å². The Morgan fingerprint density at radius 3 is 1.90 bits per heavy atom. The van der Waals surface area contributed by atoms with Crippen LogP contribution in [-0.4, -0.2) is 19.6 Å². The Balaban J connectivity index is 1.34. The molecule has 0 unspecified atom stereocenters. The molecule has 0 atom stereocenters. The van der Waals surface area contributed by atoms with Gasteiger partial charge in [-0.1, -0.05) is 150 Å². The Morgan fingerprint density at radius 1 is 0.565 bits per heavy atom. The summed E-state index contributed by atoms with van der Waals surface area (Å²) in [6, 6.07) is 34.3. The third-order valence-corrected chi connectivity index (χ3v) is 11.0. The van der Waals surface area contributed by atoms with Gasteiger partial charge in [-0.05, 0) is 140 Å². The van der Waals surface area contributed by atoms with E-state index >= 15 is 0 Å². The second-order valence-electron chi connectivity index (χ2n) is 16.7. The number of rotatable bonds is 7. The van der Waals surface area contributed by atoms with Crippen LogP contribution in [0.5, 0.6) is 5.75 Å². The van der Waals surface area contributed by atoms with Crippen LogP contribution in [0.15, 0.2) is 170 Å². The highest BCUT2D eigenvalue weighted by Crippen LogP contribution is 2.42. The minimum atomic E-state index is -3.93. The summed E-state index contributed by atoms with van der Waals surface area (Å²) in [5, 5.41) is 11.9. The van der Waals surface area contributed by atoms with Gasteiger partial charge in [0, 0.05) is 35.3 Å². The zero-order valence-corrected chi connectivity index (χ0v) is 34.9. The molecule has 0 amide bonds. The predicted octanol–water partition coefficient (Wildman–Crippen LogP) is 15.3. The largest absolute Gasteiger partial charge is 0.507 e. The van der Waals surface area contributed by atoms with Gasteiger partial charge in [-0.25, -0.2) is 4.98 Å². The minimum absolute atomic E-state index is 0.0544. The number of benzene rings is 7. The number of aromatic nitrogens is 3. The molecule has 62 heavy (non-hydrogen) atoms. The standard InChI is InChI=1S/C58H53N3O/c1-37-28-38(2)55(62)51(29-37)56-60-54-50(20-15-21-53(54)61(56)49-34-44(40-18-13-10-14-19-40)33-48(36-49)58(6,7)8)45-30-43(39-16-11-9-12-17-39)31-46(32-45)52-35-42(26-27-59-52)41-22-24-47(25-23-41)57(3,4)5/h9-36,62H,1-8H3/i3D3,4D3,5D3,22D,23D,24D,25D,26D,27D,35D. The number of aryl methyl sites for hydroxylation is 2. The van der Waals surface area contributed by atoms with Crippen LogP contribution in [-0.2, 0) is 10.8 Å². The van der Waals surface area contributed by atoms with E-state index in [0.717, 1.165) is 33.5 Å². The zero-order chi connectivity index (χ0) is 56.9.